The molecule has 0 N–H and O–H groups in total. The Morgan fingerprint density at radius 3 is 2.47 bits per heavy atom. The van der Waals surface area contributed by atoms with E-state index < -0.39 is 13.7 Å². The standard InChI is InChI=1S/C16H20N/c1-11-7-6-8-15(13(11)3)16-10-9-12(2)14(4)17(16)5/h6-10H,1-5H3/q+1/i1D3,2D3. The number of aryl methyl sites for hydroxylation is 2. The third kappa shape index (κ3) is 1.97. The average molecular weight is 232 g/mol. The van der Waals surface area contributed by atoms with Gasteiger partial charge in [-0.25, -0.2) is 0 Å². The molecule has 88 valence electrons. The lowest BCUT2D eigenvalue weighted by molar-refractivity contribution is -0.667. The Kier molecular flexibility index (Phi) is 1.61. The molecule has 0 spiro atoms. The van der Waals surface area contributed by atoms with Crippen LogP contribution >= 0.6 is 0 Å². The summed E-state index contributed by atoms with van der Waals surface area (Å²) in [7, 11) is 1.79. The fourth-order valence-corrected chi connectivity index (χ4v) is 1.94. The lowest BCUT2D eigenvalue weighted by atomic mass is 9.99. The van der Waals surface area contributed by atoms with Crippen molar-refractivity contribution in [2.45, 2.75) is 27.6 Å². The Labute approximate surface area is 112 Å². The molecule has 0 saturated heterocycles. The number of aromatic nitrogens is 1. The summed E-state index contributed by atoms with van der Waals surface area (Å²) in [6, 6.07) is 8.51. The Morgan fingerprint density at radius 1 is 1.00 bits per heavy atom. The van der Waals surface area contributed by atoms with Gasteiger partial charge in [-0.15, -0.1) is 0 Å². The van der Waals surface area contributed by atoms with Gasteiger partial charge in [0.1, 0.15) is 7.05 Å². The first-order valence-corrected chi connectivity index (χ1v) is 5.55. The maximum Gasteiger partial charge on any atom is 0.212 e. The molecule has 0 aliphatic rings. The lowest BCUT2D eigenvalue weighted by Gasteiger charge is -2.09. The number of nitrogens with zero attached hydrogens (tertiary/aromatic N) is 1. The Bertz CT molecular complexity index is 743. The number of benzene rings is 1. The highest BCUT2D eigenvalue weighted by atomic mass is 14.9. The van der Waals surface area contributed by atoms with Crippen molar-refractivity contribution in [1.29, 1.82) is 0 Å². The number of pyridine rings is 1. The van der Waals surface area contributed by atoms with Gasteiger partial charge in [0.25, 0.3) is 0 Å². The van der Waals surface area contributed by atoms with E-state index in [2.05, 4.69) is 0 Å². The Morgan fingerprint density at radius 2 is 1.76 bits per heavy atom. The van der Waals surface area contributed by atoms with Gasteiger partial charge in [-0.2, -0.15) is 4.57 Å². The Hall–Kier alpha value is -1.63. The van der Waals surface area contributed by atoms with Gasteiger partial charge >= 0.3 is 0 Å². The van der Waals surface area contributed by atoms with Gasteiger partial charge in [-0.1, -0.05) is 12.1 Å². The van der Waals surface area contributed by atoms with E-state index in [1.54, 1.807) is 49.7 Å². The number of hydrogen-bond donors (Lipinski definition) is 0. The smallest absolute Gasteiger partial charge is 0.198 e. The van der Waals surface area contributed by atoms with Crippen LogP contribution < -0.4 is 4.57 Å². The molecule has 0 saturated carbocycles. The zero-order chi connectivity index (χ0) is 17.6. The van der Waals surface area contributed by atoms with Crippen LogP contribution in [0.4, 0.5) is 0 Å². The van der Waals surface area contributed by atoms with Crippen LogP contribution in [0.15, 0.2) is 30.3 Å². The predicted octanol–water partition coefficient (Wildman–Crippen LogP) is 3.41. The van der Waals surface area contributed by atoms with Crippen molar-refractivity contribution >= 4 is 0 Å². The van der Waals surface area contributed by atoms with E-state index >= 15 is 0 Å². The minimum Gasteiger partial charge on any atom is -0.198 e. The van der Waals surface area contributed by atoms with Gasteiger partial charge < -0.3 is 0 Å². The van der Waals surface area contributed by atoms with E-state index in [1.165, 1.54) is 0 Å². The second-order valence-corrected chi connectivity index (χ2v) is 4.25. The van der Waals surface area contributed by atoms with Gasteiger partial charge in [-0.3, -0.25) is 0 Å². The highest BCUT2D eigenvalue weighted by Gasteiger charge is 2.15. The SMILES string of the molecule is [2H]C([2H])([2H])c1cccc(-c2ccc(C([2H])([2H])[2H])c(C)[n+]2C)c1C. The maximum atomic E-state index is 7.64. The van der Waals surface area contributed by atoms with E-state index in [0.29, 0.717) is 22.4 Å². The summed E-state index contributed by atoms with van der Waals surface area (Å²) in [6.07, 6.45) is 0. The molecule has 0 bridgehead atoms. The molecule has 0 atom stereocenters. The van der Waals surface area contributed by atoms with Crippen LogP contribution in [0.25, 0.3) is 11.3 Å². The zero-order valence-corrected chi connectivity index (χ0v) is 10.3. The fraction of sp³-hybridized carbons (Fsp3) is 0.312. The molecule has 2 rings (SSSR count). The van der Waals surface area contributed by atoms with Crippen LogP contribution in [-0.4, -0.2) is 0 Å². The van der Waals surface area contributed by atoms with Crippen molar-refractivity contribution in [3.63, 3.8) is 0 Å². The van der Waals surface area contributed by atoms with Crippen molar-refractivity contribution < 1.29 is 12.8 Å². The van der Waals surface area contributed by atoms with Crippen molar-refractivity contribution in [2.24, 2.45) is 7.05 Å². The molecule has 1 nitrogen and oxygen atoms in total. The Balaban J connectivity index is 2.68. The molecule has 1 heteroatoms. The topological polar surface area (TPSA) is 3.88 Å². The van der Waals surface area contributed by atoms with E-state index in [-0.39, 0.29) is 0 Å². The van der Waals surface area contributed by atoms with Crippen molar-refractivity contribution in [2.75, 3.05) is 0 Å². The summed E-state index contributed by atoms with van der Waals surface area (Å²) in [6.45, 7) is -0.805. The quantitative estimate of drug-likeness (QED) is 0.663. The molecule has 0 fully saturated rings. The first kappa shape index (κ1) is 6.34. The monoisotopic (exact) mass is 232 g/mol. The molecule has 0 aliphatic heterocycles. The van der Waals surface area contributed by atoms with Gasteiger partial charge in [0.15, 0.2) is 5.69 Å². The third-order valence-electron chi connectivity index (χ3n) is 3.27. The maximum absolute atomic E-state index is 7.64. The molecule has 17 heavy (non-hydrogen) atoms. The molecule has 0 amide bonds. The molecule has 2 aromatic rings. The van der Waals surface area contributed by atoms with E-state index in [1.807, 2.05) is 6.07 Å². The van der Waals surface area contributed by atoms with Crippen LogP contribution in [0, 0.1) is 27.6 Å². The van der Waals surface area contributed by atoms with Gasteiger partial charge in [0.05, 0.1) is 0 Å². The van der Waals surface area contributed by atoms with Gasteiger partial charge in [0, 0.05) is 32.3 Å². The van der Waals surface area contributed by atoms with Crippen molar-refractivity contribution in [3.8, 4) is 11.3 Å². The summed E-state index contributed by atoms with van der Waals surface area (Å²) >= 11 is 0. The van der Waals surface area contributed by atoms with Crippen LogP contribution in [0.2, 0.25) is 0 Å². The van der Waals surface area contributed by atoms with E-state index in [9.17, 15) is 0 Å². The summed E-state index contributed by atoms with van der Waals surface area (Å²) in [4.78, 5) is 0. The lowest BCUT2D eigenvalue weighted by Crippen LogP contribution is -2.35. The van der Waals surface area contributed by atoms with Gasteiger partial charge in [-0.05, 0) is 43.9 Å². The first-order chi connectivity index (χ1) is 10.4. The molecular weight excluding hydrogens is 206 g/mol. The number of hydrogen-bond acceptors (Lipinski definition) is 0. The zero-order valence-electron chi connectivity index (χ0n) is 16.3. The summed E-state index contributed by atoms with van der Waals surface area (Å²) in [5.41, 5.74) is 3.52. The van der Waals surface area contributed by atoms with Crippen molar-refractivity contribution in [3.05, 3.63) is 52.7 Å². The molecule has 1 aromatic heterocycles. The van der Waals surface area contributed by atoms with E-state index in [0.717, 1.165) is 11.3 Å². The van der Waals surface area contributed by atoms with E-state index in [4.69, 9.17) is 8.22 Å². The summed E-state index contributed by atoms with van der Waals surface area (Å²) < 4.78 is 47.5. The normalized spacial score (nSPS) is 17.4. The molecule has 1 heterocycles. The molecule has 1 aromatic carbocycles. The first-order valence-electron chi connectivity index (χ1n) is 8.55. The van der Waals surface area contributed by atoms with Crippen LogP contribution in [-0.2, 0) is 7.05 Å². The highest BCUT2D eigenvalue weighted by Crippen LogP contribution is 2.23. The fourth-order valence-electron chi connectivity index (χ4n) is 1.94. The minimum absolute atomic E-state index is 0.299. The summed E-state index contributed by atoms with van der Waals surface area (Å²) in [5.74, 6) is 0. The largest absolute Gasteiger partial charge is 0.212 e. The second kappa shape index (κ2) is 4.33. The minimum atomic E-state index is -2.17. The van der Waals surface area contributed by atoms with Crippen LogP contribution in [0.5, 0.6) is 0 Å². The third-order valence-corrected chi connectivity index (χ3v) is 3.27. The molecule has 0 radical (unpaired) electrons. The van der Waals surface area contributed by atoms with Crippen molar-refractivity contribution in [1.82, 2.24) is 0 Å². The van der Waals surface area contributed by atoms with Crippen LogP contribution in [0.1, 0.15) is 30.6 Å². The second-order valence-electron chi connectivity index (χ2n) is 4.25. The highest BCUT2D eigenvalue weighted by molar-refractivity contribution is 5.62. The molecule has 0 aliphatic carbocycles. The van der Waals surface area contributed by atoms with Crippen LogP contribution in [0.3, 0.4) is 0 Å². The van der Waals surface area contributed by atoms with Gasteiger partial charge in [0.2, 0.25) is 5.69 Å². The average Bonchev–Trinajstić information content (AvgIpc) is 2.40. The molecule has 0 unspecified atom stereocenters. The summed E-state index contributed by atoms with van der Waals surface area (Å²) in [5, 5.41) is 0. The predicted molar refractivity (Wildman–Crippen MR) is 72.0 cm³/mol. The molecular formula is C16H20N+. The number of rotatable bonds is 1.